The number of halogens is 1. The van der Waals surface area contributed by atoms with Gasteiger partial charge in [-0.2, -0.15) is 11.8 Å². The van der Waals surface area contributed by atoms with E-state index in [1.807, 2.05) is 23.9 Å². The SMILES string of the molecule is CCSCCOc1ccc(Br)c(C=O)c1. The summed E-state index contributed by atoms with van der Waals surface area (Å²) in [5, 5.41) is 0. The highest BCUT2D eigenvalue weighted by Crippen LogP contribution is 2.21. The molecule has 0 saturated carbocycles. The standard InChI is InChI=1S/C11H13BrO2S/c1-2-15-6-5-14-10-3-4-11(12)9(7-10)8-13/h3-4,7-8H,2,5-6H2,1H3. The van der Waals surface area contributed by atoms with Crippen molar-refractivity contribution in [2.75, 3.05) is 18.1 Å². The van der Waals surface area contributed by atoms with E-state index in [4.69, 9.17) is 4.74 Å². The van der Waals surface area contributed by atoms with Gasteiger partial charge >= 0.3 is 0 Å². The fraction of sp³-hybridized carbons (Fsp3) is 0.364. The summed E-state index contributed by atoms with van der Waals surface area (Å²) in [5.41, 5.74) is 0.621. The first kappa shape index (κ1) is 12.6. The van der Waals surface area contributed by atoms with Crippen LogP contribution in [0.2, 0.25) is 0 Å². The Morgan fingerprint density at radius 2 is 2.33 bits per heavy atom. The van der Waals surface area contributed by atoms with Gasteiger partial charge in [0, 0.05) is 15.8 Å². The Kier molecular flexibility index (Phi) is 5.79. The van der Waals surface area contributed by atoms with Crippen LogP contribution >= 0.6 is 27.7 Å². The Bertz CT molecular complexity index is 328. The molecule has 0 aromatic heterocycles. The van der Waals surface area contributed by atoms with Crippen molar-refractivity contribution in [3.63, 3.8) is 0 Å². The highest BCUT2D eigenvalue weighted by molar-refractivity contribution is 9.10. The Hall–Kier alpha value is -0.480. The van der Waals surface area contributed by atoms with Crippen LogP contribution in [0.5, 0.6) is 5.75 Å². The predicted molar refractivity (Wildman–Crippen MR) is 68.0 cm³/mol. The van der Waals surface area contributed by atoms with Gasteiger partial charge in [-0.3, -0.25) is 4.79 Å². The van der Waals surface area contributed by atoms with Crippen LogP contribution < -0.4 is 4.74 Å². The van der Waals surface area contributed by atoms with Gasteiger partial charge in [0.2, 0.25) is 0 Å². The number of ether oxygens (including phenoxy) is 1. The molecule has 0 spiro atoms. The van der Waals surface area contributed by atoms with Crippen LogP contribution in [-0.2, 0) is 0 Å². The van der Waals surface area contributed by atoms with Gasteiger partial charge < -0.3 is 4.74 Å². The summed E-state index contributed by atoms with van der Waals surface area (Å²) in [6, 6.07) is 5.42. The van der Waals surface area contributed by atoms with Gasteiger partial charge in [0.05, 0.1) is 6.61 Å². The molecule has 0 atom stereocenters. The van der Waals surface area contributed by atoms with E-state index in [1.54, 1.807) is 6.07 Å². The minimum absolute atomic E-state index is 0.621. The fourth-order valence-corrected chi connectivity index (χ4v) is 1.89. The molecule has 82 valence electrons. The Balaban J connectivity index is 2.51. The van der Waals surface area contributed by atoms with Gasteiger partial charge in [0.25, 0.3) is 0 Å². The number of rotatable bonds is 6. The molecule has 0 amide bonds. The van der Waals surface area contributed by atoms with Gasteiger partial charge in [0.15, 0.2) is 6.29 Å². The summed E-state index contributed by atoms with van der Waals surface area (Å²) in [5.74, 6) is 2.82. The molecule has 2 nitrogen and oxygen atoms in total. The van der Waals surface area contributed by atoms with Gasteiger partial charge in [-0.25, -0.2) is 0 Å². The normalized spacial score (nSPS) is 10.0. The molecule has 0 N–H and O–H groups in total. The van der Waals surface area contributed by atoms with E-state index in [2.05, 4.69) is 22.9 Å². The van der Waals surface area contributed by atoms with Crippen molar-refractivity contribution in [2.24, 2.45) is 0 Å². The maximum atomic E-state index is 10.7. The van der Waals surface area contributed by atoms with E-state index < -0.39 is 0 Å². The van der Waals surface area contributed by atoms with Crippen molar-refractivity contribution in [3.8, 4) is 5.75 Å². The number of hydrogen-bond donors (Lipinski definition) is 0. The van der Waals surface area contributed by atoms with E-state index >= 15 is 0 Å². The topological polar surface area (TPSA) is 26.3 Å². The zero-order chi connectivity index (χ0) is 11.1. The second-order valence-electron chi connectivity index (χ2n) is 2.85. The van der Waals surface area contributed by atoms with Crippen LogP contribution in [0.4, 0.5) is 0 Å². The highest BCUT2D eigenvalue weighted by atomic mass is 79.9. The summed E-state index contributed by atoms with van der Waals surface area (Å²) in [4.78, 5) is 10.7. The van der Waals surface area contributed by atoms with E-state index in [-0.39, 0.29) is 0 Å². The molecule has 0 aliphatic carbocycles. The summed E-state index contributed by atoms with van der Waals surface area (Å²) in [6.45, 7) is 2.80. The van der Waals surface area contributed by atoms with Crippen LogP contribution in [0.25, 0.3) is 0 Å². The van der Waals surface area contributed by atoms with E-state index in [9.17, 15) is 4.79 Å². The molecule has 0 fully saturated rings. The van der Waals surface area contributed by atoms with Crippen molar-refractivity contribution in [1.82, 2.24) is 0 Å². The lowest BCUT2D eigenvalue weighted by Gasteiger charge is -2.06. The summed E-state index contributed by atoms with van der Waals surface area (Å²) in [7, 11) is 0. The third-order valence-corrected chi connectivity index (χ3v) is 3.38. The van der Waals surface area contributed by atoms with Crippen molar-refractivity contribution in [1.29, 1.82) is 0 Å². The number of thioether (sulfide) groups is 1. The van der Waals surface area contributed by atoms with Crippen LogP contribution in [0.3, 0.4) is 0 Å². The Morgan fingerprint density at radius 3 is 3.00 bits per heavy atom. The minimum atomic E-state index is 0.621. The Labute approximate surface area is 103 Å². The van der Waals surface area contributed by atoms with Gasteiger partial charge in [-0.05, 0) is 24.0 Å². The molecule has 1 aromatic rings. The average Bonchev–Trinajstić information content (AvgIpc) is 2.26. The summed E-state index contributed by atoms with van der Waals surface area (Å²) < 4.78 is 6.30. The second kappa shape index (κ2) is 6.90. The lowest BCUT2D eigenvalue weighted by atomic mass is 10.2. The number of benzene rings is 1. The smallest absolute Gasteiger partial charge is 0.151 e. The molecule has 0 saturated heterocycles. The molecule has 0 unspecified atom stereocenters. The fourth-order valence-electron chi connectivity index (χ4n) is 1.06. The molecule has 0 radical (unpaired) electrons. The Morgan fingerprint density at radius 1 is 1.53 bits per heavy atom. The molecule has 0 bridgehead atoms. The number of aldehydes is 1. The zero-order valence-corrected chi connectivity index (χ0v) is 10.9. The molecule has 0 aliphatic heterocycles. The van der Waals surface area contributed by atoms with E-state index in [1.165, 1.54) is 0 Å². The third kappa shape index (κ3) is 4.26. The van der Waals surface area contributed by atoms with Crippen LogP contribution in [0.1, 0.15) is 17.3 Å². The quantitative estimate of drug-likeness (QED) is 0.593. The average molecular weight is 289 g/mol. The zero-order valence-electron chi connectivity index (χ0n) is 8.53. The van der Waals surface area contributed by atoms with Crippen molar-refractivity contribution in [3.05, 3.63) is 28.2 Å². The minimum Gasteiger partial charge on any atom is -0.493 e. The molecule has 1 aromatic carbocycles. The molecule has 0 aliphatic rings. The maximum absolute atomic E-state index is 10.7. The van der Waals surface area contributed by atoms with Crippen LogP contribution in [0.15, 0.2) is 22.7 Å². The second-order valence-corrected chi connectivity index (χ2v) is 5.09. The molecular formula is C11H13BrO2S. The maximum Gasteiger partial charge on any atom is 0.151 e. The first-order valence-electron chi connectivity index (χ1n) is 4.73. The van der Waals surface area contributed by atoms with E-state index in [0.29, 0.717) is 12.2 Å². The van der Waals surface area contributed by atoms with Gasteiger partial charge in [-0.15, -0.1) is 0 Å². The number of carbonyl (C=O) groups is 1. The van der Waals surface area contributed by atoms with Crippen molar-refractivity contribution < 1.29 is 9.53 Å². The molecule has 0 heterocycles. The molecule has 1 rings (SSSR count). The van der Waals surface area contributed by atoms with Crippen molar-refractivity contribution >= 4 is 34.0 Å². The lowest BCUT2D eigenvalue weighted by Crippen LogP contribution is -2.00. The van der Waals surface area contributed by atoms with Crippen LogP contribution in [0, 0.1) is 0 Å². The lowest BCUT2D eigenvalue weighted by molar-refractivity contribution is 0.112. The third-order valence-electron chi connectivity index (χ3n) is 1.79. The first-order chi connectivity index (χ1) is 7.27. The highest BCUT2D eigenvalue weighted by Gasteiger charge is 2.00. The van der Waals surface area contributed by atoms with Crippen LogP contribution in [-0.4, -0.2) is 24.4 Å². The van der Waals surface area contributed by atoms with E-state index in [0.717, 1.165) is 28.0 Å². The monoisotopic (exact) mass is 288 g/mol. The molecule has 4 heteroatoms. The summed E-state index contributed by atoms with van der Waals surface area (Å²) >= 11 is 5.13. The van der Waals surface area contributed by atoms with Gasteiger partial charge in [-0.1, -0.05) is 22.9 Å². The summed E-state index contributed by atoms with van der Waals surface area (Å²) in [6.07, 6.45) is 0.817. The molecular weight excluding hydrogens is 276 g/mol. The predicted octanol–water partition coefficient (Wildman–Crippen LogP) is 3.39. The first-order valence-corrected chi connectivity index (χ1v) is 6.68. The largest absolute Gasteiger partial charge is 0.493 e. The number of carbonyl (C=O) groups excluding carboxylic acids is 1. The van der Waals surface area contributed by atoms with Gasteiger partial charge in [0.1, 0.15) is 5.75 Å². The van der Waals surface area contributed by atoms with Crippen molar-refractivity contribution in [2.45, 2.75) is 6.92 Å². The molecule has 15 heavy (non-hydrogen) atoms. The number of hydrogen-bond acceptors (Lipinski definition) is 3.